The van der Waals surface area contributed by atoms with Gasteiger partial charge in [0, 0.05) is 18.2 Å². The Bertz CT molecular complexity index is 460. The summed E-state index contributed by atoms with van der Waals surface area (Å²) in [6.45, 7) is 24.3. The molecule has 0 saturated carbocycles. The molecule has 1 heterocycles. The number of hydrogen-bond acceptors (Lipinski definition) is 3. The van der Waals surface area contributed by atoms with Gasteiger partial charge in [0.2, 0.25) is 0 Å². The van der Waals surface area contributed by atoms with Gasteiger partial charge >= 0.3 is 0 Å². The van der Waals surface area contributed by atoms with Gasteiger partial charge in [0.05, 0.1) is 11.7 Å². The molecule has 168 valence electrons. The molecule has 0 spiro atoms. The van der Waals surface area contributed by atoms with E-state index in [0.29, 0.717) is 17.2 Å². The molecule has 0 aliphatic carbocycles. The molecule has 0 bridgehead atoms. The molecule has 0 aromatic carbocycles. The summed E-state index contributed by atoms with van der Waals surface area (Å²) in [5, 5.41) is 4.00. The van der Waals surface area contributed by atoms with Gasteiger partial charge in [0.1, 0.15) is 0 Å². The van der Waals surface area contributed by atoms with Gasteiger partial charge in [-0.1, -0.05) is 47.5 Å². The van der Waals surface area contributed by atoms with Crippen LogP contribution in [0.5, 0.6) is 0 Å². The van der Waals surface area contributed by atoms with Crippen molar-refractivity contribution in [2.45, 2.75) is 148 Å². The highest BCUT2D eigenvalue weighted by atomic mass is 28.4. The van der Waals surface area contributed by atoms with Crippen LogP contribution in [0.3, 0.4) is 0 Å². The number of nitrogens with one attached hydrogen (secondary N) is 1. The summed E-state index contributed by atoms with van der Waals surface area (Å²) in [5.74, 6) is 0. The van der Waals surface area contributed by atoms with Crippen LogP contribution < -0.4 is 5.32 Å². The van der Waals surface area contributed by atoms with Crippen LogP contribution in [-0.2, 0) is 9.16 Å². The van der Waals surface area contributed by atoms with Gasteiger partial charge in [-0.2, -0.15) is 0 Å². The minimum absolute atomic E-state index is 0.0158. The van der Waals surface area contributed by atoms with Gasteiger partial charge in [0.25, 0.3) is 0 Å². The van der Waals surface area contributed by atoms with Crippen molar-refractivity contribution in [2.75, 3.05) is 6.61 Å². The number of ether oxygens (including phenoxy) is 1. The van der Waals surface area contributed by atoms with Crippen LogP contribution in [0.1, 0.15) is 107 Å². The van der Waals surface area contributed by atoms with Crippen molar-refractivity contribution in [1.29, 1.82) is 0 Å². The second-order valence-corrected chi connectivity index (χ2v) is 15.1. The Morgan fingerprint density at radius 2 is 1.61 bits per heavy atom. The van der Waals surface area contributed by atoms with Crippen LogP contribution in [0.25, 0.3) is 0 Å². The third-order valence-corrected chi connectivity index (χ3v) is 13.5. The first-order chi connectivity index (χ1) is 12.9. The van der Waals surface area contributed by atoms with Crippen molar-refractivity contribution in [3.63, 3.8) is 0 Å². The topological polar surface area (TPSA) is 30.5 Å². The Kier molecular flexibility index (Phi) is 9.72. The SMILES string of the molecule is CCC(C)(CC)O[Si](C)(CCCOC1CC(C)NC(C)(C)C1)C(C)(CC)CC. The maximum absolute atomic E-state index is 7.09. The predicted octanol–water partition coefficient (Wildman–Crippen LogP) is 7.06. The lowest BCUT2D eigenvalue weighted by Crippen LogP contribution is -2.53. The van der Waals surface area contributed by atoms with Crippen LogP contribution in [0.4, 0.5) is 0 Å². The maximum atomic E-state index is 7.09. The fourth-order valence-corrected chi connectivity index (χ4v) is 9.67. The zero-order valence-electron chi connectivity index (χ0n) is 20.8. The van der Waals surface area contributed by atoms with Gasteiger partial charge in [-0.25, -0.2) is 0 Å². The molecule has 3 unspecified atom stereocenters. The maximum Gasteiger partial charge on any atom is 0.196 e. The van der Waals surface area contributed by atoms with E-state index in [2.05, 4.69) is 74.2 Å². The average molecular weight is 414 g/mol. The van der Waals surface area contributed by atoms with E-state index in [1.165, 1.54) is 18.9 Å². The summed E-state index contributed by atoms with van der Waals surface area (Å²) in [7, 11) is -1.90. The minimum atomic E-state index is -1.90. The molecule has 1 rings (SSSR count). The van der Waals surface area contributed by atoms with Gasteiger partial charge in [-0.05, 0) is 77.4 Å². The molecule has 1 saturated heterocycles. The minimum Gasteiger partial charge on any atom is -0.411 e. The highest BCUT2D eigenvalue weighted by molar-refractivity contribution is 6.75. The van der Waals surface area contributed by atoms with Crippen LogP contribution >= 0.6 is 0 Å². The van der Waals surface area contributed by atoms with E-state index in [4.69, 9.17) is 9.16 Å². The van der Waals surface area contributed by atoms with Gasteiger partial charge in [-0.15, -0.1) is 0 Å². The second-order valence-electron chi connectivity index (χ2n) is 10.7. The lowest BCUT2D eigenvalue weighted by Gasteiger charge is -2.49. The molecule has 3 nitrogen and oxygen atoms in total. The number of piperidine rings is 1. The molecule has 0 radical (unpaired) electrons. The van der Waals surface area contributed by atoms with Crippen molar-refractivity contribution in [2.24, 2.45) is 0 Å². The standard InChI is InChI=1S/C24H51NO2Si/c1-11-23(8,12-2)27-28(10,24(9,13-3)14-4)17-15-16-26-21-18-20(5)25-22(6,7)19-21/h20-21,25H,11-19H2,1-10H3. The van der Waals surface area contributed by atoms with Gasteiger partial charge < -0.3 is 14.5 Å². The fraction of sp³-hybridized carbons (Fsp3) is 1.00. The monoisotopic (exact) mass is 413 g/mol. The molecule has 0 amide bonds. The largest absolute Gasteiger partial charge is 0.411 e. The molecule has 1 fully saturated rings. The molecular weight excluding hydrogens is 362 g/mol. The third kappa shape index (κ3) is 6.82. The molecule has 1 aliphatic rings. The first-order valence-corrected chi connectivity index (χ1v) is 14.6. The molecule has 3 atom stereocenters. The van der Waals surface area contributed by atoms with Crippen LogP contribution in [0.2, 0.25) is 17.6 Å². The van der Waals surface area contributed by atoms with E-state index >= 15 is 0 Å². The predicted molar refractivity (Wildman–Crippen MR) is 126 cm³/mol. The Hall–Kier alpha value is 0.0969. The van der Waals surface area contributed by atoms with Gasteiger partial charge in [0.15, 0.2) is 8.32 Å². The summed E-state index contributed by atoms with van der Waals surface area (Å²) < 4.78 is 13.5. The summed E-state index contributed by atoms with van der Waals surface area (Å²) in [4.78, 5) is 0. The average Bonchev–Trinajstić information content (AvgIpc) is 2.62. The molecule has 0 aromatic rings. The summed E-state index contributed by atoms with van der Waals surface area (Å²) >= 11 is 0. The lowest BCUT2D eigenvalue weighted by atomic mass is 9.87. The molecule has 1 aliphatic heterocycles. The van der Waals surface area contributed by atoms with E-state index in [1.54, 1.807) is 0 Å². The first-order valence-electron chi connectivity index (χ1n) is 12.0. The Balaban J connectivity index is 2.74. The van der Waals surface area contributed by atoms with Crippen molar-refractivity contribution in [3.05, 3.63) is 0 Å². The zero-order chi connectivity index (χ0) is 21.6. The van der Waals surface area contributed by atoms with E-state index in [9.17, 15) is 0 Å². The van der Waals surface area contributed by atoms with E-state index in [1.807, 2.05) is 0 Å². The van der Waals surface area contributed by atoms with Crippen molar-refractivity contribution >= 4 is 8.32 Å². The van der Waals surface area contributed by atoms with Crippen LogP contribution in [0.15, 0.2) is 0 Å². The summed E-state index contributed by atoms with van der Waals surface area (Å²) in [5.41, 5.74) is 0.198. The molecule has 1 N–H and O–H groups in total. The van der Waals surface area contributed by atoms with E-state index in [0.717, 1.165) is 38.7 Å². The zero-order valence-corrected chi connectivity index (χ0v) is 21.8. The quantitative estimate of drug-likeness (QED) is 0.274. The van der Waals surface area contributed by atoms with E-state index < -0.39 is 8.32 Å². The van der Waals surface area contributed by atoms with Crippen molar-refractivity contribution < 1.29 is 9.16 Å². The van der Waals surface area contributed by atoms with Crippen molar-refractivity contribution in [3.8, 4) is 0 Å². The first kappa shape index (κ1) is 26.1. The fourth-order valence-electron chi connectivity index (χ4n) is 5.03. The third-order valence-electron chi connectivity index (χ3n) is 7.95. The number of hydrogen-bond donors (Lipinski definition) is 1. The smallest absolute Gasteiger partial charge is 0.196 e. The molecular formula is C24H51NO2Si. The van der Waals surface area contributed by atoms with Gasteiger partial charge in [-0.3, -0.25) is 0 Å². The normalized spacial score (nSPS) is 25.5. The summed E-state index contributed by atoms with van der Waals surface area (Å²) in [6, 6.07) is 1.74. The summed E-state index contributed by atoms with van der Waals surface area (Å²) in [6.07, 6.45) is 8.34. The van der Waals surface area contributed by atoms with Crippen molar-refractivity contribution in [1.82, 2.24) is 5.32 Å². The highest BCUT2D eigenvalue weighted by Crippen LogP contribution is 2.49. The molecule has 0 aromatic heterocycles. The lowest BCUT2D eigenvalue weighted by molar-refractivity contribution is -0.00370. The molecule has 4 heteroatoms. The Morgan fingerprint density at radius 1 is 1.04 bits per heavy atom. The van der Waals surface area contributed by atoms with Crippen LogP contribution in [-0.4, -0.2) is 38.2 Å². The number of rotatable bonds is 12. The van der Waals surface area contributed by atoms with E-state index in [-0.39, 0.29) is 11.1 Å². The Morgan fingerprint density at radius 3 is 2.07 bits per heavy atom. The second kappa shape index (κ2) is 10.4. The highest BCUT2D eigenvalue weighted by Gasteiger charge is 2.48. The molecule has 28 heavy (non-hydrogen) atoms. The Labute approximate surface area is 177 Å². The van der Waals surface area contributed by atoms with Crippen LogP contribution in [0, 0.1) is 0 Å².